The van der Waals surface area contributed by atoms with E-state index in [1.165, 1.54) is 17.6 Å². The van der Waals surface area contributed by atoms with Gasteiger partial charge in [0.05, 0.1) is 19.8 Å². The Morgan fingerprint density at radius 1 is 1.46 bits per heavy atom. The van der Waals surface area contributed by atoms with Crippen molar-refractivity contribution in [1.29, 1.82) is 0 Å². The van der Waals surface area contributed by atoms with Crippen LogP contribution in [0.5, 0.6) is 0 Å². The first-order chi connectivity index (χ1) is 6.33. The van der Waals surface area contributed by atoms with Crippen LogP contribution in [0.2, 0.25) is 0 Å². The van der Waals surface area contributed by atoms with Crippen molar-refractivity contribution in [3.63, 3.8) is 0 Å². The minimum atomic E-state index is 0.121. The third-order valence-corrected chi connectivity index (χ3v) is 3.09. The molecule has 2 bridgehead atoms. The summed E-state index contributed by atoms with van der Waals surface area (Å²) in [6.07, 6.45) is 5.84. The van der Waals surface area contributed by atoms with Crippen molar-refractivity contribution in [3.05, 3.63) is 23.3 Å². The Morgan fingerprint density at radius 2 is 2.23 bits per heavy atom. The fourth-order valence-corrected chi connectivity index (χ4v) is 2.28. The fourth-order valence-electron chi connectivity index (χ4n) is 2.28. The normalized spacial score (nSPS) is 30.6. The number of allylic oxidation sites excluding steroid dienone is 3. The molecule has 2 aliphatic carbocycles. The van der Waals surface area contributed by atoms with Crippen LogP contribution in [-0.4, -0.2) is 24.9 Å². The maximum absolute atomic E-state index is 8.58. The average molecular weight is 180 g/mol. The number of hydrogen-bond acceptors (Lipinski definition) is 2. The van der Waals surface area contributed by atoms with Crippen molar-refractivity contribution in [3.8, 4) is 0 Å². The van der Waals surface area contributed by atoms with E-state index in [1.54, 1.807) is 0 Å². The van der Waals surface area contributed by atoms with Gasteiger partial charge in [-0.15, -0.1) is 0 Å². The highest BCUT2D eigenvalue weighted by Crippen LogP contribution is 2.43. The first-order valence-electron chi connectivity index (χ1n) is 4.89. The van der Waals surface area contributed by atoms with Gasteiger partial charge < -0.3 is 9.84 Å². The van der Waals surface area contributed by atoms with Crippen LogP contribution in [-0.2, 0) is 4.74 Å². The first kappa shape index (κ1) is 8.97. The van der Waals surface area contributed by atoms with Crippen molar-refractivity contribution in [2.24, 2.45) is 11.8 Å². The van der Waals surface area contributed by atoms with Crippen LogP contribution in [0.25, 0.3) is 0 Å². The molecule has 0 radical (unpaired) electrons. The molecule has 0 aromatic heterocycles. The monoisotopic (exact) mass is 180 g/mol. The molecule has 0 aliphatic heterocycles. The van der Waals surface area contributed by atoms with Crippen molar-refractivity contribution in [1.82, 2.24) is 0 Å². The van der Waals surface area contributed by atoms with Gasteiger partial charge in [0.1, 0.15) is 0 Å². The van der Waals surface area contributed by atoms with Crippen LogP contribution in [0, 0.1) is 11.8 Å². The Hall–Kier alpha value is -0.600. The molecule has 2 nitrogen and oxygen atoms in total. The lowest BCUT2D eigenvalue weighted by molar-refractivity contribution is 0.105. The Morgan fingerprint density at radius 3 is 2.85 bits per heavy atom. The molecule has 2 heteroatoms. The SMILES string of the molecule is CC1=C(COCCO)C2C=CC1C2. The largest absolute Gasteiger partial charge is 0.394 e. The first-order valence-corrected chi connectivity index (χ1v) is 4.89. The van der Waals surface area contributed by atoms with E-state index in [1.807, 2.05) is 0 Å². The Bertz CT molecular complexity index is 253. The molecule has 0 amide bonds. The van der Waals surface area contributed by atoms with E-state index in [0.717, 1.165) is 0 Å². The van der Waals surface area contributed by atoms with Crippen LogP contribution in [0.3, 0.4) is 0 Å². The maximum Gasteiger partial charge on any atom is 0.0702 e. The van der Waals surface area contributed by atoms with Gasteiger partial charge in [-0.2, -0.15) is 0 Å². The highest BCUT2D eigenvalue weighted by Gasteiger charge is 2.32. The predicted molar refractivity (Wildman–Crippen MR) is 51.3 cm³/mol. The standard InChI is InChI=1S/C11H16O2/c1-8-9-2-3-10(6-9)11(8)7-13-5-4-12/h2-3,9-10,12H,4-7H2,1H3. The molecular weight excluding hydrogens is 164 g/mol. The summed E-state index contributed by atoms with van der Waals surface area (Å²) >= 11 is 0. The number of ether oxygens (including phenoxy) is 1. The van der Waals surface area contributed by atoms with Gasteiger partial charge in [0.25, 0.3) is 0 Å². The third-order valence-electron chi connectivity index (χ3n) is 3.09. The van der Waals surface area contributed by atoms with Crippen molar-refractivity contribution in [2.75, 3.05) is 19.8 Å². The molecule has 2 rings (SSSR count). The summed E-state index contributed by atoms with van der Waals surface area (Å²) in [5.41, 5.74) is 2.94. The summed E-state index contributed by atoms with van der Waals surface area (Å²) in [4.78, 5) is 0. The molecule has 2 aliphatic rings. The van der Waals surface area contributed by atoms with Crippen LogP contribution < -0.4 is 0 Å². The van der Waals surface area contributed by atoms with Crippen molar-refractivity contribution in [2.45, 2.75) is 13.3 Å². The fraction of sp³-hybridized carbons (Fsp3) is 0.636. The molecule has 0 heterocycles. The molecule has 0 spiro atoms. The van der Waals surface area contributed by atoms with Gasteiger partial charge in [-0.25, -0.2) is 0 Å². The number of aliphatic hydroxyl groups excluding tert-OH is 1. The number of rotatable bonds is 4. The molecule has 0 fully saturated rings. The molecule has 1 N–H and O–H groups in total. The van der Waals surface area contributed by atoms with Crippen molar-refractivity contribution < 1.29 is 9.84 Å². The molecule has 0 saturated carbocycles. The highest BCUT2D eigenvalue weighted by atomic mass is 16.5. The van der Waals surface area contributed by atoms with E-state index in [2.05, 4.69) is 19.1 Å². The Balaban J connectivity index is 1.92. The van der Waals surface area contributed by atoms with Gasteiger partial charge in [-0.1, -0.05) is 17.7 Å². The second-order valence-electron chi connectivity index (χ2n) is 3.82. The minimum Gasteiger partial charge on any atom is -0.394 e. The zero-order valence-corrected chi connectivity index (χ0v) is 7.99. The Labute approximate surface area is 78.9 Å². The van der Waals surface area contributed by atoms with Gasteiger partial charge in [-0.05, 0) is 24.8 Å². The maximum atomic E-state index is 8.58. The smallest absolute Gasteiger partial charge is 0.0702 e. The number of hydrogen-bond donors (Lipinski definition) is 1. The summed E-state index contributed by atoms with van der Waals surface area (Å²) in [7, 11) is 0. The molecular formula is C11H16O2. The van der Waals surface area contributed by atoms with Crippen LogP contribution in [0.15, 0.2) is 23.3 Å². The summed E-state index contributed by atoms with van der Waals surface area (Å²) in [5, 5.41) is 8.58. The van der Waals surface area contributed by atoms with E-state index in [9.17, 15) is 0 Å². The van der Waals surface area contributed by atoms with Gasteiger partial charge in [0.15, 0.2) is 0 Å². The minimum absolute atomic E-state index is 0.121. The lowest BCUT2D eigenvalue weighted by Crippen LogP contribution is -2.08. The Kier molecular flexibility index (Phi) is 2.51. The van der Waals surface area contributed by atoms with Crippen LogP contribution in [0.1, 0.15) is 13.3 Å². The van der Waals surface area contributed by atoms with Crippen LogP contribution >= 0.6 is 0 Å². The summed E-state index contributed by atoms with van der Waals surface area (Å²) < 4.78 is 5.35. The van der Waals surface area contributed by atoms with E-state index < -0.39 is 0 Å². The zero-order chi connectivity index (χ0) is 9.26. The van der Waals surface area contributed by atoms with Crippen molar-refractivity contribution >= 4 is 0 Å². The summed E-state index contributed by atoms with van der Waals surface area (Å²) in [5.74, 6) is 1.31. The molecule has 2 unspecified atom stereocenters. The molecule has 13 heavy (non-hydrogen) atoms. The highest BCUT2D eigenvalue weighted by molar-refractivity contribution is 5.36. The molecule has 0 saturated heterocycles. The molecule has 72 valence electrons. The van der Waals surface area contributed by atoms with E-state index in [4.69, 9.17) is 9.84 Å². The topological polar surface area (TPSA) is 29.5 Å². The van der Waals surface area contributed by atoms with Crippen LogP contribution in [0.4, 0.5) is 0 Å². The second-order valence-corrected chi connectivity index (χ2v) is 3.82. The molecule has 0 aromatic rings. The van der Waals surface area contributed by atoms with E-state index >= 15 is 0 Å². The van der Waals surface area contributed by atoms with E-state index in [-0.39, 0.29) is 6.61 Å². The second kappa shape index (κ2) is 3.64. The predicted octanol–water partition coefficient (Wildman–Crippen LogP) is 1.52. The molecule has 0 aromatic carbocycles. The average Bonchev–Trinajstić information content (AvgIpc) is 2.69. The van der Waals surface area contributed by atoms with Gasteiger partial charge in [0, 0.05) is 5.92 Å². The zero-order valence-electron chi connectivity index (χ0n) is 7.99. The third kappa shape index (κ3) is 1.56. The number of aliphatic hydroxyl groups is 1. The van der Waals surface area contributed by atoms with E-state index in [0.29, 0.717) is 25.0 Å². The number of fused-ring (bicyclic) bond motifs is 2. The lowest BCUT2D eigenvalue weighted by atomic mass is 9.99. The van der Waals surface area contributed by atoms with Gasteiger partial charge in [0.2, 0.25) is 0 Å². The quantitative estimate of drug-likeness (QED) is 0.525. The summed E-state index contributed by atoms with van der Waals surface area (Å²) in [6, 6.07) is 0. The summed E-state index contributed by atoms with van der Waals surface area (Å²) in [6.45, 7) is 3.48. The molecule has 2 atom stereocenters. The van der Waals surface area contributed by atoms with Gasteiger partial charge in [-0.3, -0.25) is 0 Å². The lowest BCUT2D eigenvalue weighted by Gasteiger charge is -2.13. The van der Waals surface area contributed by atoms with Gasteiger partial charge >= 0.3 is 0 Å².